The molecule has 0 unspecified atom stereocenters. The third-order valence-corrected chi connectivity index (χ3v) is 2.78. The molecule has 0 aliphatic heterocycles. The summed E-state index contributed by atoms with van der Waals surface area (Å²) in [6, 6.07) is 5.00. The zero-order chi connectivity index (χ0) is 17.1. The van der Waals surface area contributed by atoms with E-state index >= 15 is 0 Å². The van der Waals surface area contributed by atoms with Crippen molar-refractivity contribution in [1.29, 1.82) is 0 Å². The number of quaternary nitrogens is 1. The average Bonchev–Trinajstić information content (AvgIpc) is 2.36. The van der Waals surface area contributed by atoms with Crippen LogP contribution < -0.4 is 14.0 Å². The summed E-state index contributed by atoms with van der Waals surface area (Å²) in [7, 11) is 12.3. The molecule has 0 saturated carbocycles. The largest absolute Gasteiger partial charge is 0.414 e. The van der Waals surface area contributed by atoms with Crippen LogP contribution in [0.3, 0.4) is 0 Å². The van der Waals surface area contributed by atoms with E-state index in [0.717, 1.165) is 5.69 Å². The Morgan fingerprint density at radius 1 is 0.818 bits per heavy atom. The molecule has 0 radical (unpaired) electrons. The molecule has 1 aromatic rings. The first-order valence-corrected chi connectivity index (χ1v) is 6.76. The maximum atomic E-state index is 11.7. The number of ether oxygens (including phenoxy) is 2. The van der Waals surface area contributed by atoms with Crippen molar-refractivity contribution in [3.05, 3.63) is 18.2 Å². The molecule has 1 aromatic carbocycles. The fraction of sp³-hybridized carbons (Fsp3) is 0.467. The zero-order valence-electron chi connectivity index (χ0n) is 14.2. The van der Waals surface area contributed by atoms with Gasteiger partial charge in [-0.1, -0.05) is 0 Å². The summed E-state index contributed by atoms with van der Waals surface area (Å²) in [6.07, 6.45) is -0.994. The van der Waals surface area contributed by atoms with Gasteiger partial charge in [-0.2, -0.15) is 0 Å². The SMILES string of the molecule is CN(C)C(=O)Oc1cc(OC(=O)N(C)C)cc([N+](C)(C)C)c1. The Balaban J connectivity index is 3.16. The Labute approximate surface area is 131 Å². The molecule has 7 heteroatoms. The van der Waals surface area contributed by atoms with Gasteiger partial charge in [-0.3, -0.25) is 4.48 Å². The summed E-state index contributed by atoms with van der Waals surface area (Å²) >= 11 is 0. The van der Waals surface area contributed by atoms with Crippen LogP contribution >= 0.6 is 0 Å². The van der Waals surface area contributed by atoms with Gasteiger partial charge in [0.15, 0.2) is 0 Å². The van der Waals surface area contributed by atoms with Crippen LogP contribution in [0.15, 0.2) is 18.2 Å². The molecule has 22 heavy (non-hydrogen) atoms. The summed E-state index contributed by atoms with van der Waals surface area (Å²) in [4.78, 5) is 26.0. The second kappa shape index (κ2) is 6.65. The number of carbonyl (C=O) groups excluding carboxylic acids is 2. The smallest absolute Gasteiger partial charge is 0.410 e. The Morgan fingerprint density at radius 3 is 1.45 bits per heavy atom. The first-order valence-electron chi connectivity index (χ1n) is 6.76. The number of hydrogen-bond acceptors (Lipinski definition) is 4. The van der Waals surface area contributed by atoms with E-state index < -0.39 is 12.2 Å². The molecule has 0 aliphatic carbocycles. The van der Waals surface area contributed by atoms with Crippen molar-refractivity contribution < 1.29 is 19.1 Å². The van der Waals surface area contributed by atoms with Crippen molar-refractivity contribution in [3.8, 4) is 11.5 Å². The lowest BCUT2D eigenvalue weighted by Crippen LogP contribution is -2.35. The van der Waals surface area contributed by atoms with Crippen LogP contribution in [-0.2, 0) is 0 Å². The van der Waals surface area contributed by atoms with E-state index in [4.69, 9.17) is 9.47 Å². The Hall–Kier alpha value is -2.28. The third kappa shape index (κ3) is 4.92. The number of amides is 2. The lowest BCUT2D eigenvalue weighted by Gasteiger charge is -2.24. The van der Waals surface area contributed by atoms with E-state index in [1.54, 1.807) is 40.3 Å². The second-order valence-corrected chi connectivity index (χ2v) is 6.20. The molecule has 0 spiro atoms. The molecule has 0 bridgehead atoms. The Morgan fingerprint density at radius 2 is 1.18 bits per heavy atom. The van der Waals surface area contributed by atoms with Crippen LogP contribution in [0, 0.1) is 0 Å². The van der Waals surface area contributed by atoms with Gasteiger partial charge in [0.25, 0.3) is 0 Å². The molecule has 0 aromatic heterocycles. The predicted molar refractivity (Wildman–Crippen MR) is 85.4 cm³/mol. The van der Waals surface area contributed by atoms with Crippen molar-refractivity contribution in [2.75, 3.05) is 49.3 Å². The molecule has 7 nitrogen and oxygen atoms in total. The number of carbonyl (C=O) groups is 2. The van der Waals surface area contributed by atoms with Gasteiger partial charge in [0, 0.05) is 46.4 Å². The van der Waals surface area contributed by atoms with Gasteiger partial charge < -0.3 is 19.3 Å². The minimum Gasteiger partial charge on any atom is -0.410 e. The van der Waals surface area contributed by atoms with E-state index in [9.17, 15) is 9.59 Å². The number of hydrogen-bond donors (Lipinski definition) is 0. The van der Waals surface area contributed by atoms with Crippen molar-refractivity contribution in [1.82, 2.24) is 14.3 Å². The first kappa shape index (κ1) is 17.8. The minimum absolute atomic E-state index is 0.325. The second-order valence-electron chi connectivity index (χ2n) is 6.20. The van der Waals surface area contributed by atoms with Gasteiger partial charge >= 0.3 is 12.2 Å². The molecular formula is C15H24N3O4+. The van der Waals surface area contributed by atoms with E-state index in [0.29, 0.717) is 16.0 Å². The van der Waals surface area contributed by atoms with Crippen LogP contribution in [0.4, 0.5) is 15.3 Å². The minimum atomic E-state index is -0.497. The standard InChI is InChI=1S/C15H24N3O4/c1-16(2)14(19)21-12-8-11(18(5,6)7)9-13(10-12)22-15(20)17(3)4/h8-10H,1-7H3/q+1. The summed E-state index contributed by atoms with van der Waals surface area (Å²) in [5.41, 5.74) is 0.839. The van der Waals surface area contributed by atoms with Crippen molar-refractivity contribution in [3.63, 3.8) is 0 Å². The van der Waals surface area contributed by atoms with Gasteiger partial charge in [-0.25, -0.2) is 9.59 Å². The quantitative estimate of drug-likeness (QED) is 0.801. The van der Waals surface area contributed by atoms with Crippen molar-refractivity contribution in [2.45, 2.75) is 0 Å². The highest BCUT2D eigenvalue weighted by atomic mass is 16.6. The molecule has 0 fully saturated rings. The fourth-order valence-corrected chi connectivity index (χ4v) is 1.45. The summed E-state index contributed by atoms with van der Waals surface area (Å²) in [5, 5.41) is 0. The zero-order valence-corrected chi connectivity index (χ0v) is 14.2. The van der Waals surface area contributed by atoms with Crippen LogP contribution in [0.2, 0.25) is 0 Å². The van der Waals surface area contributed by atoms with Gasteiger partial charge in [0.1, 0.15) is 17.2 Å². The highest BCUT2D eigenvalue weighted by molar-refractivity contribution is 5.73. The average molecular weight is 310 g/mol. The number of nitrogens with zero attached hydrogens (tertiary/aromatic N) is 3. The number of rotatable bonds is 3. The topological polar surface area (TPSA) is 59.1 Å². The molecule has 0 saturated heterocycles. The van der Waals surface area contributed by atoms with Crippen LogP contribution in [0.25, 0.3) is 0 Å². The monoisotopic (exact) mass is 310 g/mol. The molecule has 122 valence electrons. The number of benzene rings is 1. The molecule has 1 rings (SSSR count). The summed E-state index contributed by atoms with van der Waals surface area (Å²) in [5.74, 6) is 0.650. The molecule has 0 heterocycles. The van der Waals surface area contributed by atoms with Crippen LogP contribution in [0.1, 0.15) is 0 Å². The van der Waals surface area contributed by atoms with Crippen molar-refractivity contribution >= 4 is 17.9 Å². The molecule has 2 amide bonds. The maximum absolute atomic E-state index is 11.7. The van der Waals surface area contributed by atoms with Crippen LogP contribution in [0.5, 0.6) is 11.5 Å². The van der Waals surface area contributed by atoms with Gasteiger partial charge in [-0.05, 0) is 0 Å². The lowest BCUT2D eigenvalue weighted by molar-refractivity contribution is 0.170. The van der Waals surface area contributed by atoms with E-state index in [1.165, 1.54) is 15.9 Å². The van der Waals surface area contributed by atoms with Gasteiger partial charge in [0.2, 0.25) is 0 Å². The van der Waals surface area contributed by atoms with Gasteiger partial charge in [-0.15, -0.1) is 0 Å². The lowest BCUT2D eigenvalue weighted by atomic mass is 10.2. The first-order chi connectivity index (χ1) is 10.0. The van der Waals surface area contributed by atoms with Crippen molar-refractivity contribution in [2.24, 2.45) is 0 Å². The normalized spacial score (nSPS) is 10.9. The molecule has 0 N–H and O–H groups in total. The summed E-state index contributed by atoms with van der Waals surface area (Å²) < 4.78 is 11.0. The van der Waals surface area contributed by atoms with E-state index in [-0.39, 0.29) is 0 Å². The third-order valence-electron chi connectivity index (χ3n) is 2.78. The highest BCUT2D eigenvalue weighted by Crippen LogP contribution is 2.30. The molecule has 0 atom stereocenters. The predicted octanol–water partition coefficient (Wildman–Crippen LogP) is 2.00. The van der Waals surface area contributed by atoms with Gasteiger partial charge in [0.05, 0.1) is 21.1 Å². The van der Waals surface area contributed by atoms with Crippen LogP contribution in [-0.4, -0.2) is 71.3 Å². The van der Waals surface area contributed by atoms with E-state index in [1.807, 2.05) is 21.1 Å². The highest BCUT2D eigenvalue weighted by Gasteiger charge is 2.19. The fourth-order valence-electron chi connectivity index (χ4n) is 1.45. The molecule has 0 aliphatic rings. The van der Waals surface area contributed by atoms with E-state index in [2.05, 4.69) is 0 Å². The Bertz CT molecular complexity index is 522. The maximum Gasteiger partial charge on any atom is 0.414 e. The molecular weight excluding hydrogens is 286 g/mol. The summed E-state index contributed by atoms with van der Waals surface area (Å²) in [6.45, 7) is 0. The Kier molecular flexibility index (Phi) is 5.38.